The molecule has 0 saturated heterocycles. The number of amides is 1. The minimum absolute atomic E-state index is 0.135. The van der Waals surface area contributed by atoms with Crippen LogP contribution in [-0.2, 0) is 21.2 Å². The molecule has 0 aliphatic rings. The van der Waals surface area contributed by atoms with E-state index in [1.54, 1.807) is 48.5 Å². The number of nitrogens with one attached hydrogen (secondary N) is 1. The van der Waals surface area contributed by atoms with Crippen molar-refractivity contribution in [2.45, 2.75) is 38.0 Å². The van der Waals surface area contributed by atoms with Crippen molar-refractivity contribution in [2.24, 2.45) is 0 Å². The second-order valence-corrected chi connectivity index (χ2v) is 10.4. The van der Waals surface area contributed by atoms with Crippen molar-refractivity contribution < 1.29 is 13.2 Å². The number of anilines is 2. The van der Waals surface area contributed by atoms with Crippen molar-refractivity contribution in [2.75, 3.05) is 16.2 Å². The van der Waals surface area contributed by atoms with Gasteiger partial charge in [-0.15, -0.1) is 0 Å². The number of aryl methyl sites for hydroxylation is 2. The van der Waals surface area contributed by atoms with Crippen LogP contribution in [0.15, 0.2) is 82.2 Å². The maximum Gasteiger partial charge on any atom is 0.264 e. The van der Waals surface area contributed by atoms with E-state index in [0.717, 1.165) is 33.6 Å². The highest BCUT2D eigenvalue weighted by atomic mass is 79.9. The molecule has 5 nitrogen and oxygen atoms in total. The van der Waals surface area contributed by atoms with Crippen LogP contribution in [0.5, 0.6) is 0 Å². The molecule has 3 aromatic rings. The molecule has 0 aliphatic carbocycles. The number of halogens is 1. The lowest BCUT2D eigenvalue weighted by atomic mass is 10.1. The van der Waals surface area contributed by atoms with Crippen LogP contribution >= 0.6 is 15.9 Å². The molecule has 168 valence electrons. The number of rotatable bonds is 9. The first-order valence-corrected chi connectivity index (χ1v) is 12.8. The third-order valence-corrected chi connectivity index (χ3v) is 7.33. The SMILES string of the molecule is CCCCc1ccc(NC(=O)CN(c2cccc(Br)c2)S(=O)(=O)c2ccc(C)cc2)cc1. The molecular formula is C25H27BrN2O3S. The number of unbranched alkanes of at least 4 members (excludes halogenated alkanes) is 1. The molecule has 0 heterocycles. The Morgan fingerprint density at radius 3 is 2.31 bits per heavy atom. The van der Waals surface area contributed by atoms with E-state index >= 15 is 0 Å². The van der Waals surface area contributed by atoms with E-state index < -0.39 is 15.9 Å². The average molecular weight is 515 g/mol. The predicted molar refractivity (Wildman–Crippen MR) is 134 cm³/mol. The summed E-state index contributed by atoms with van der Waals surface area (Å²) in [6, 6.07) is 21.2. The van der Waals surface area contributed by atoms with Gasteiger partial charge < -0.3 is 5.32 Å². The van der Waals surface area contributed by atoms with E-state index in [4.69, 9.17) is 0 Å². The Kier molecular flexibility index (Phi) is 8.10. The van der Waals surface area contributed by atoms with E-state index in [1.807, 2.05) is 31.2 Å². The topological polar surface area (TPSA) is 66.5 Å². The smallest absolute Gasteiger partial charge is 0.264 e. The molecule has 0 fully saturated rings. The van der Waals surface area contributed by atoms with Crippen LogP contribution in [0.2, 0.25) is 0 Å². The predicted octanol–water partition coefficient (Wildman–Crippen LogP) is 5.93. The summed E-state index contributed by atoms with van der Waals surface area (Å²) in [5.41, 5.74) is 3.21. The van der Waals surface area contributed by atoms with E-state index in [2.05, 4.69) is 28.2 Å². The Hall–Kier alpha value is -2.64. The molecule has 0 aromatic heterocycles. The van der Waals surface area contributed by atoms with E-state index in [0.29, 0.717) is 11.4 Å². The second-order valence-electron chi connectivity index (χ2n) is 7.65. The number of hydrogen-bond donors (Lipinski definition) is 1. The molecule has 0 aliphatic heterocycles. The van der Waals surface area contributed by atoms with Gasteiger partial charge in [-0.1, -0.05) is 65.2 Å². The molecule has 0 unspecified atom stereocenters. The number of sulfonamides is 1. The van der Waals surface area contributed by atoms with Gasteiger partial charge in [0.25, 0.3) is 10.0 Å². The first kappa shape index (κ1) is 24.0. The summed E-state index contributed by atoms with van der Waals surface area (Å²) < 4.78 is 28.7. The summed E-state index contributed by atoms with van der Waals surface area (Å²) in [4.78, 5) is 13.0. The zero-order chi connectivity index (χ0) is 23.1. The van der Waals surface area contributed by atoms with Crippen LogP contribution in [0.25, 0.3) is 0 Å². The number of carbonyl (C=O) groups is 1. The zero-order valence-electron chi connectivity index (χ0n) is 18.2. The summed E-state index contributed by atoms with van der Waals surface area (Å²) in [5.74, 6) is -0.415. The molecule has 3 aromatic carbocycles. The maximum atomic E-state index is 13.4. The molecule has 0 spiro atoms. The number of hydrogen-bond acceptors (Lipinski definition) is 3. The number of carbonyl (C=O) groups excluding carboxylic acids is 1. The van der Waals surface area contributed by atoms with Crippen molar-refractivity contribution in [1.82, 2.24) is 0 Å². The lowest BCUT2D eigenvalue weighted by Gasteiger charge is -2.24. The minimum Gasteiger partial charge on any atom is -0.325 e. The van der Waals surface area contributed by atoms with Crippen LogP contribution in [0.4, 0.5) is 11.4 Å². The molecule has 0 bridgehead atoms. The summed E-state index contributed by atoms with van der Waals surface area (Å²) >= 11 is 3.39. The standard InChI is InChI=1S/C25H27BrN2O3S/c1-3-4-6-20-11-13-22(14-12-20)27-25(29)18-28(23-8-5-7-21(26)17-23)32(30,31)24-15-9-19(2)10-16-24/h5,7-17H,3-4,6,18H2,1-2H3,(H,27,29). The Morgan fingerprint density at radius 2 is 1.69 bits per heavy atom. The molecule has 3 rings (SSSR count). The maximum absolute atomic E-state index is 13.4. The van der Waals surface area contributed by atoms with Crippen LogP contribution in [-0.4, -0.2) is 20.9 Å². The highest BCUT2D eigenvalue weighted by Crippen LogP contribution is 2.26. The number of nitrogens with zero attached hydrogens (tertiary/aromatic N) is 1. The first-order chi connectivity index (χ1) is 15.3. The summed E-state index contributed by atoms with van der Waals surface area (Å²) in [6.45, 7) is 3.70. The first-order valence-electron chi connectivity index (χ1n) is 10.5. The molecule has 0 radical (unpaired) electrons. The zero-order valence-corrected chi connectivity index (χ0v) is 20.6. The molecule has 7 heteroatoms. The monoisotopic (exact) mass is 514 g/mol. The fourth-order valence-corrected chi connectivity index (χ4v) is 5.05. The van der Waals surface area contributed by atoms with Crippen molar-refractivity contribution in [1.29, 1.82) is 0 Å². The largest absolute Gasteiger partial charge is 0.325 e. The second kappa shape index (κ2) is 10.8. The van der Waals surface area contributed by atoms with Gasteiger partial charge in [0, 0.05) is 10.2 Å². The molecular weight excluding hydrogens is 488 g/mol. The summed E-state index contributed by atoms with van der Waals surface area (Å²) in [5, 5.41) is 2.82. The van der Waals surface area contributed by atoms with Gasteiger partial charge in [-0.3, -0.25) is 9.10 Å². The third kappa shape index (κ3) is 6.20. The molecule has 0 saturated carbocycles. The van der Waals surface area contributed by atoms with Gasteiger partial charge >= 0.3 is 0 Å². The highest BCUT2D eigenvalue weighted by molar-refractivity contribution is 9.10. The van der Waals surface area contributed by atoms with Gasteiger partial charge in [-0.25, -0.2) is 8.42 Å². The molecule has 32 heavy (non-hydrogen) atoms. The van der Waals surface area contributed by atoms with Crippen molar-refractivity contribution in [3.63, 3.8) is 0 Å². The lowest BCUT2D eigenvalue weighted by molar-refractivity contribution is -0.114. The van der Waals surface area contributed by atoms with Crippen LogP contribution in [0, 0.1) is 6.92 Å². The Labute approximate surface area is 198 Å². The molecule has 1 amide bonds. The minimum atomic E-state index is -3.94. The molecule has 1 N–H and O–H groups in total. The van der Waals surface area contributed by atoms with Crippen molar-refractivity contribution >= 4 is 43.2 Å². The van der Waals surface area contributed by atoms with Crippen LogP contribution in [0.3, 0.4) is 0 Å². The van der Waals surface area contributed by atoms with E-state index in [9.17, 15) is 13.2 Å². The van der Waals surface area contributed by atoms with Crippen LogP contribution < -0.4 is 9.62 Å². The van der Waals surface area contributed by atoms with Gasteiger partial charge in [0.1, 0.15) is 6.54 Å². The van der Waals surface area contributed by atoms with Gasteiger partial charge in [-0.2, -0.15) is 0 Å². The third-order valence-electron chi connectivity index (χ3n) is 5.05. The normalized spacial score (nSPS) is 11.2. The fraction of sp³-hybridized carbons (Fsp3) is 0.240. The van der Waals surface area contributed by atoms with Gasteiger partial charge in [-0.05, 0) is 67.8 Å². The van der Waals surface area contributed by atoms with Gasteiger partial charge in [0.2, 0.25) is 5.91 Å². The van der Waals surface area contributed by atoms with Gasteiger partial charge in [0.05, 0.1) is 10.6 Å². The Morgan fingerprint density at radius 1 is 1.00 bits per heavy atom. The van der Waals surface area contributed by atoms with E-state index in [-0.39, 0.29) is 11.4 Å². The van der Waals surface area contributed by atoms with E-state index in [1.165, 1.54) is 5.56 Å². The average Bonchev–Trinajstić information content (AvgIpc) is 2.77. The summed E-state index contributed by atoms with van der Waals surface area (Å²) in [7, 11) is -3.94. The molecule has 0 atom stereocenters. The highest BCUT2D eigenvalue weighted by Gasteiger charge is 2.27. The van der Waals surface area contributed by atoms with Crippen molar-refractivity contribution in [3.05, 3.63) is 88.4 Å². The van der Waals surface area contributed by atoms with Crippen LogP contribution in [0.1, 0.15) is 30.9 Å². The van der Waals surface area contributed by atoms with Crippen molar-refractivity contribution in [3.8, 4) is 0 Å². The lowest BCUT2D eigenvalue weighted by Crippen LogP contribution is -2.38. The Bertz CT molecular complexity index is 1160. The van der Waals surface area contributed by atoms with Gasteiger partial charge in [0.15, 0.2) is 0 Å². The Balaban J connectivity index is 1.84. The fourth-order valence-electron chi connectivity index (χ4n) is 3.25. The quantitative estimate of drug-likeness (QED) is 0.384. The summed E-state index contributed by atoms with van der Waals surface area (Å²) in [6.07, 6.45) is 3.24. The number of benzene rings is 3.